The fourth-order valence-corrected chi connectivity index (χ4v) is 3.67. The number of carbonyl (C=O) groups excluding carboxylic acids is 1. The molecule has 2 heterocycles. The van der Waals surface area contributed by atoms with Crippen molar-refractivity contribution >= 4 is 16.8 Å². The minimum absolute atomic E-state index is 0.00884. The van der Waals surface area contributed by atoms with Gasteiger partial charge in [0.2, 0.25) is 0 Å². The number of amides is 1. The van der Waals surface area contributed by atoms with Gasteiger partial charge in [0, 0.05) is 48.9 Å². The summed E-state index contributed by atoms with van der Waals surface area (Å²) in [5.74, 6) is 0.265. The summed E-state index contributed by atoms with van der Waals surface area (Å²) >= 11 is 0. The number of piperidine rings is 1. The minimum Gasteiger partial charge on any atom is -0.391 e. The second-order valence-electron chi connectivity index (χ2n) is 7.17. The molecule has 5 nitrogen and oxygen atoms in total. The molecular weight excluding hydrogens is 316 g/mol. The van der Waals surface area contributed by atoms with Gasteiger partial charge in [-0.3, -0.25) is 4.79 Å². The summed E-state index contributed by atoms with van der Waals surface area (Å²) in [7, 11) is 1.71. The Labute approximate surface area is 149 Å². The van der Waals surface area contributed by atoms with Crippen LogP contribution in [-0.4, -0.2) is 53.4 Å². The molecule has 0 radical (unpaired) electrons. The maximum Gasteiger partial charge on any atom is 0.253 e. The zero-order chi connectivity index (χ0) is 18.1. The summed E-state index contributed by atoms with van der Waals surface area (Å²) in [4.78, 5) is 14.6. The number of likely N-dealkylation sites (tertiary alicyclic amines) is 1. The van der Waals surface area contributed by atoms with Crippen LogP contribution in [0.2, 0.25) is 0 Å². The fraction of sp³-hybridized carbons (Fsp3) is 0.550. The van der Waals surface area contributed by atoms with Crippen molar-refractivity contribution in [2.75, 3.05) is 26.8 Å². The van der Waals surface area contributed by atoms with Gasteiger partial charge in [-0.05, 0) is 49.9 Å². The molecule has 25 heavy (non-hydrogen) atoms. The molecule has 3 rings (SSSR count). The molecular formula is C20H28N2O3. The van der Waals surface area contributed by atoms with Gasteiger partial charge in [-0.2, -0.15) is 0 Å². The van der Waals surface area contributed by atoms with Crippen molar-refractivity contribution in [1.82, 2.24) is 9.47 Å². The van der Waals surface area contributed by atoms with Gasteiger partial charge >= 0.3 is 0 Å². The Bertz CT molecular complexity index is 781. The van der Waals surface area contributed by atoms with Gasteiger partial charge in [-0.1, -0.05) is 6.92 Å². The SMILES string of the molecule is COCCn1c(C)c(C)c2cc(C(=O)N3CCC(C)C(O)C3)ccc21. The summed E-state index contributed by atoms with van der Waals surface area (Å²) in [5.41, 5.74) is 4.24. The number of aliphatic hydroxyl groups excluding tert-OH is 1. The van der Waals surface area contributed by atoms with Gasteiger partial charge < -0.3 is 19.3 Å². The van der Waals surface area contributed by atoms with Crippen molar-refractivity contribution in [2.24, 2.45) is 5.92 Å². The first-order valence-electron chi connectivity index (χ1n) is 8.99. The van der Waals surface area contributed by atoms with Crippen molar-refractivity contribution < 1.29 is 14.6 Å². The maximum absolute atomic E-state index is 12.9. The van der Waals surface area contributed by atoms with Crippen molar-refractivity contribution in [2.45, 2.75) is 39.8 Å². The fourth-order valence-electron chi connectivity index (χ4n) is 3.67. The molecule has 0 aliphatic carbocycles. The molecule has 1 aliphatic rings. The van der Waals surface area contributed by atoms with E-state index in [1.807, 2.05) is 25.1 Å². The van der Waals surface area contributed by atoms with E-state index in [0.717, 1.165) is 23.9 Å². The average molecular weight is 344 g/mol. The van der Waals surface area contributed by atoms with Crippen LogP contribution in [0, 0.1) is 19.8 Å². The highest BCUT2D eigenvalue weighted by Gasteiger charge is 2.28. The Kier molecular flexibility index (Phi) is 5.16. The van der Waals surface area contributed by atoms with E-state index in [0.29, 0.717) is 25.3 Å². The summed E-state index contributed by atoms with van der Waals surface area (Å²) in [6.45, 7) is 8.83. The molecule has 0 saturated carbocycles. The topological polar surface area (TPSA) is 54.7 Å². The Morgan fingerprint density at radius 1 is 1.36 bits per heavy atom. The number of fused-ring (bicyclic) bond motifs is 1. The molecule has 2 unspecified atom stereocenters. The molecule has 2 aromatic rings. The highest BCUT2D eigenvalue weighted by molar-refractivity contribution is 5.99. The number of aliphatic hydroxyl groups is 1. The number of rotatable bonds is 4. The number of benzene rings is 1. The number of hydrogen-bond donors (Lipinski definition) is 1. The third-order valence-corrected chi connectivity index (χ3v) is 5.61. The van der Waals surface area contributed by atoms with Crippen LogP contribution in [0.1, 0.15) is 35.0 Å². The van der Waals surface area contributed by atoms with Crippen LogP contribution in [-0.2, 0) is 11.3 Å². The molecule has 1 aromatic carbocycles. The third-order valence-electron chi connectivity index (χ3n) is 5.61. The second-order valence-corrected chi connectivity index (χ2v) is 7.17. The molecule has 1 aliphatic heterocycles. The number of β-amino-alcohol motifs (C(OH)–C–C–N with tert-alkyl or cyclic N) is 1. The number of carbonyl (C=O) groups is 1. The van der Waals surface area contributed by atoms with Gasteiger partial charge in [-0.25, -0.2) is 0 Å². The predicted molar refractivity (Wildman–Crippen MR) is 99.0 cm³/mol. The predicted octanol–water partition coefficient (Wildman–Crippen LogP) is 2.75. The van der Waals surface area contributed by atoms with Gasteiger partial charge in [0.1, 0.15) is 0 Å². The Hall–Kier alpha value is -1.85. The van der Waals surface area contributed by atoms with Gasteiger partial charge in [-0.15, -0.1) is 0 Å². The third kappa shape index (κ3) is 3.31. The minimum atomic E-state index is -0.430. The van der Waals surface area contributed by atoms with Crippen molar-refractivity contribution in [3.05, 3.63) is 35.0 Å². The molecule has 1 aromatic heterocycles. The van der Waals surface area contributed by atoms with E-state index in [9.17, 15) is 9.90 Å². The van der Waals surface area contributed by atoms with Crippen LogP contribution in [0.4, 0.5) is 0 Å². The van der Waals surface area contributed by atoms with Crippen molar-refractivity contribution in [3.63, 3.8) is 0 Å². The second kappa shape index (κ2) is 7.18. The molecule has 0 spiro atoms. The Morgan fingerprint density at radius 2 is 2.12 bits per heavy atom. The Morgan fingerprint density at radius 3 is 2.80 bits per heavy atom. The van der Waals surface area contributed by atoms with E-state index in [-0.39, 0.29) is 11.8 Å². The number of hydrogen-bond acceptors (Lipinski definition) is 3. The zero-order valence-electron chi connectivity index (χ0n) is 15.6. The van der Waals surface area contributed by atoms with Gasteiger partial charge in [0.15, 0.2) is 0 Å². The van der Waals surface area contributed by atoms with Crippen molar-refractivity contribution in [1.29, 1.82) is 0 Å². The number of aromatic nitrogens is 1. The molecule has 1 amide bonds. The van der Waals surface area contributed by atoms with E-state index >= 15 is 0 Å². The van der Waals surface area contributed by atoms with E-state index in [1.165, 1.54) is 11.3 Å². The van der Waals surface area contributed by atoms with E-state index in [1.54, 1.807) is 12.0 Å². The van der Waals surface area contributed by atoms with Crippen molar-refractivity contribution in [3.8, 4) is 0 Å². The lowest BCUT2D eigenvalue weighted by Gasteiger charge is -2.34. The average Bonchev–Trinajstić information content (AvgIpc) is 2.85. The molecule has 2 atom stereocenters. The molecule has 5 heteroatoms. The maximum atomic E-state index is 12.9. The lowest BCUT2D eigenvalue weighted by atomic mass is 9.95. The number of nitrogens with zero attached hydrogens (tertiary/aromatic N) is 2. The van der Waals surface area contributed by atoms with Gasteiger partial charge in [0.05, 0.1) is 12.7 Å². The number of ether oxygens (including phenoxy) is 1. The van der Waals surface area contributed by atoms with Crippen LogP contribution in [0.5, 0.6) is 0 Å². The number of methoxy groups -OCH3 is 1. The van der Waals surface area contributed by atoms with Crippen LogP contribution in [0.3, 0.4) is 0 Å². The monoisotopic (exact) mass is 344 g/mol. The lowest BCUT2D eigenvalue weighted by molar-refractivity contribution is 0.0249. The van der Waals surface area contributed by atoms with Crippen LogP contribution in [0.25, 0.3) is 10.9 Å². The highest BCUT2D eigenvalue weighted by Crippen LogP contribution is 2.27. The molecule has 0 bridgehead atoms. The zero-order valence-corrected chi connectivity index (χ0v) is 15.6. The molecule has 136 valence electrons. The standard InChI is InChI=1S/C20H28N2O3/c1-13-7-8-21(12-19(13)23)20(24)16-5-6-18-17(11-16)14(2)15(3)22(18)9-10-25-4/h5-6,11,13,19,23H,7-10,12H2,1-4H3. The molecule has 1 fully saturated rings. The van der Waals surface area contributed by atoms with E-state index in [4.69, 9.17) is 4.74 Å². The lowest BCUT2D eigenvalue weighted by Crippen LogP contribution is -2.45. The van der Waals surface area contributed by atoms with Crippen LogP contribution < -0.4 is 0 Å². The highest BCUT2D eigenvalue weighted by atomic mass is 16.5. The first-order chi connectivity index (χ1) is 11.9. The first-order valence-corrected chi connectivity index (χ1v) is 8.99. The van der Waals surface area contributed by atoms with E-state index < -0.39 is 6.10 Å². The smallest absolute Gasteiger partial charge is 0.253 e. The van der Waals surface area contributed by atoms with Crippen LogP contribution in [0.15, 0.2) is 18.2 Å². The first kappa shape index (κ1) is 18.0. The summed E-state index contributed by atoms with van der Waals surface area (Å²) in [6.07, 6.45) is 0.418. The quantitative estimate of drug-likeness (QED) is 0.928. The van der Waals surface area contributed by atoms with Gasteiger partial charge in [0.25, 0.3) is 5.91 Å². The molecule has 1 N–H and O–H groups in total. The summed E-state index contributed by atoms with van der Waals surface area (Å²) < 4.78 is 7.46. The van der Waals surface area contributed by atoms with E-state index in [2.05, 4.69) is 18.4 Å². The largest absolute Gasteiger partial charge is 0.391 e. The Balaban J connectivity index is 1.91. The summed E-state index contributed by atoms with van der Waals surface area (Å²) in [5, 5.41) is 11.2. The molecule has 1 saturated heterocycles. The number of aryl methyl sites for hydroxylation is 1. The van der Waals surface area contributed by atoms with Crippen LogP contribution >= 0.6 is 0 Å². The summed E-state index contributed by atoms with van der Waals surface area (Å²) in [6, 6.07) is 5.92. The normalized spacial score (nSPS) is 21.1.